The molecule has 1 amide bonds. The third kappa shape index (κ3) is 3.72. The molecule has 0 fully saturated rings. The van der Waals surface area contributed by atoms with Crippen LogP contribution in [0, 0.1) is 0 Å². The number of amides is 1. The summed E-state index contributed by atoms with van der Waals surface area (Å²) in [7, 11) is 0. The van der Waals surface area contributed by atoms with Gasteiger partial charge < -0.3 is 5.32 Å². The Morgan fingerprint density at radius 3 is 2.38 bits per heavy atom. The maximum absolute atomic E-state index is 12.4. The molecule has 5 heteroatoms. The second kappa shape index (κ2) is 7.43. The summed E-state index contributed by atoms with van der Waals surface area (Å²) in [5.41, 5.74) is 1.10. The molecule has 24 heavy (non-hydrogen) atoms. The van der Waals surface area contributed by atoms with Crippen molar-refractivity contribution < 1.29 is 9.59 Å². The highest BCUT2D eigenvalue weighted by molar-refractivity contribution is 7.14. The fourth-order valence-electron chi connectivity index (χ4n) is 2.23. The van der Waals surface area contributed by atoms with Gasteiger partial charge in [-0.25, -0.2) is 0 Å². The van der Waals surface area contributed by atoms with Gasteiger partial charge in [-0.05, 0) is 24.3 Å². The smallest absolute Gasteiger partial charge is 0.253 e. The lowest BCUT2D eigenvalue weighted by Crippen LogP contribution is -2.22. The van der Waals surface area contributed by atoms with Gasteiger partial charge in [0, 0.05) is 10.4 Å². The summed E-state index contributed by atoms with van der Waals surface area (Å²) in [4.78, 5) is 26.1. The number of halogens is 1. The molecule has 0 bridgehead atoms. The van der Waals surface area contributed by atoms with Gasteiger partial charge in [0.25, 0.3) is 5.91 Å². The van der Waals surface area contributed by atoms with Crippen LogP contribution >= 0.6 is 22.9 Å². The summed E-state index contributed by atoms with van der Waals surface area (Å²) in [6, 6.07) is 19.7. The minimum absolute atomic E-state index is 0.00993. The lowest BCUT2D eigenvalue weighted by molar-refractivity contribution is 0.0951. The SMILES string of the molecule is O=C(c1ccccc1)c1ccc(CNC(=O)c2ccccc2Cl)s1. The van der Waals surface area contributed by atoms with Crippen LogP contribution in [0.1, 0.15) is 30.5 Å². The Bertz CT molecular complexity index is 874. The van der Waals surface area contributed by atoms with Crippen LogP contribution in [0.4, 0.5) is 0 Å². The standard InChI is InChI=1S/C19H14ClNO2S/c20-16-9-5-4-8-15(16)19(23)21-12-14-10-11-17(24-14)18(22)13-6-2-1-3-7-13/h1-11H,12H2,(H,21,23). The number of rotatable bonds is 5. The van der Waals surface area contributed by atoms with E-state index in [0.29, 0.717) is 27.6 Å². The first-order valence-corrected chi connectivity index (χ1v) is 8.56. The van der Waals surface area contributed by atoms with Crippen molar-refractivity contribution in [2.45, 2.75) is 6.54 Å². The molecule has 1 heterocycles. The van der Waals surface area contributed by atoms with E-state index in [1.165, 1.54) is 11.3 Å². The molecular weight excluding hydrogens is 342 g/mol. The summed E-state index contributed by atoms with van der Waals surface area (Å²) in [5, 5.41) is 3.24. The lowest BCUT2D eigenvalue weighted by Gasteiger charge is -2.05. The summed E-state index contributed by atoms with van der Waals surface area (Å²) < 4.78 is 0. The van der Waals surface area contributed by atoms with Crippen molar-refractivity contribution >= 4 is 34.6 Å². The summed E-state index contributed by atoms with van der Waals surface area (Å²) >= 11 is 7.39. The van der Waals surface area contributed by atoms with Crippen LogP contribution in [-0.4, -0.2) is 11.7 Å². The molecule has 0 radical (unpaired) electrons. The number of carbonyl (C=O) groups is 2. The molecule has 3 aromatic rings. The van der Waals surface area contributed by atoms with E-state index < -0.39 is 0 Å². The van der Waals surface area contributed by atoms with Gasteiger partial charge in [-0.15, -0.1) is 11.3 Å². The Balaban J connectivity index is 1.66. The van der Waals surface area contributed by atoms with Crippen LogP contribution < -0.4 is 5.32 Å². The van der Waals surface area contributed by atoms with E-state index >= 15 is 0 Å². The molecule has 0 saturated heterocycles. The Kier molecular flexibility index (Phi) is 5.08. The van der Waals surface area contributed by atoms with Gasteiger partial charge >= 0.3 is 0 Å². The van der Waals surface area contributed by atoms with Crippen molar-refractivity contribution in [1.82, 2.24) is 5.32 Å². The maximum Gasteiger partial charge on any atom is 0.253 e. The quantitative estimate of drug-likeness (QED) is 0.682. The molecule has 0 aliphatic carbocycles. The molecule has 2 aromatic carbocycles. The second-order valence-electron chi connectivity index (χ2n) is 5.12. The number of carbonyl (C=O) groups excluding carboxylic acids is 2. The average Bonchev–Trinajstić information content (AvgIpc) is 3.09. The molecule has 0 aliphatic rings. The van der Waals surface area contributed by atoms with Crippen molar-refractivity contribution in [3.05, 3.63) is 92.6 Å². The predicted octanol–water partition coefficient (Wildman–Crippen LogP) is 4.56. The number of nitrogens with one attached hydrogen (secondary N) is 1. The fraction of sp³-hybridized carbons (Fsp3) is 0.0526. The number of ketones is 1. The third-order valence-corrected chi connectivity index (χ3v) is 4.88. The Labute approximate surface area is 148 Å². The van der Waals surface area contributed by atoms with Gasteiger partial charge in [0.15, 0.2) is 0 Å². The summed E-state index contributed by atoms with van der Waals surface area (Å²) in [6.07, 6.45) is 0. The minimum atomic E-state index is -0.232. The molecule has 0 unspecified atom stereocenters. The number of hydrogen-bond acceptors (Lipinski definition) is 3. The first kappa shape index (κ1) is 16.4. The van der Waals surface area contributed by atoms with Gasteiger partial charge in [-0.3, -0.25) is 9.59 Å². The normalized spacial score (nSPS) is 10.4. The van der Waals surface area contributed by atoms with E-state index in [1.807, 2.05) is 24.3 Å². The van der Waals surface area contributed by atoms with Crippen molar-refractivity contribution in [3.63, 3.8) is 0 Å². The highest BCUT2D eigenvalue weighted by atomic mass is 35.5. The molecule has 0 spiro atoms. The van der Waals surface area contributed by atoms with Crippen LogP contribution in [0.2, 0.25) is 5.02 Å². The molecule has 3 nitrogen and oxygen atoms in total. The van der Waals surface area contributed by atoms with Crippen LogP contribution in [0.5, 0.6) is 0 Å². The van der Waals surface area contributed by atoms with Crippen molar-refractivity contribution in [3.8, 4) is 0 Å². The molecule has 1 aromatic heterocycles. The van der Waals surface area contributed by atoms with Crippen molar-refractivity contribution in [1.29, 1.82) is 0 Å². The minimum Gasteiger partial charge on any atom is -0.347 e. The van der Waals surface area contributed by atoms with E-state index in [9.17, 15) is 9.59 Å². The molecule has 0 aliphatic heterocycles. The highest BCUT2D eigenvalue weighted by Crippen LogP contribution is 2.20. The zero-order valence-corrected chi connectivity index (χ0v) is 14.2. The first-order valence-electron chi connectivity index (χ1n) is 7.36. The Morgan fingerprint density at radius 1 is 0.917 bits per heavy atom. The van der Waals surface area contributed by atoms with Crippen molar-refractivity contribution in [2.24, 2.45) is 0 Å². The number of benzene rings is 2. The zero-order chi connectivity index (χ0) is 16.9. The zero-order valence-electron chi connectivity index (χ0n) is 12.7. The van der Waals surface area contributed by atoms with Gasteiger partial charge in [-0.2, -0.15) is 0 Å². The molecule has 1 N–H and O–H groups in total. The third-order valence-electron chi connectivity index (χ3n) is 3.46. The number of thiophene rings is 1. The van der Waals surface area contributed by atoms with Crippen LogP contribution in [0.3, 0.4) is 0 Å². The second-order valence-corrected chi connectivity index (χ2v) is 6.70. The van der Waals surface area contributed by atoms with E-state index in [1.54, 1.807) is 42.5 Å². The lowest BCUT2D eigenvalue weighted by atomic mass is 10.1. The Morgan fingerprint density at radius 2 is 1.62 bits per heavy atom. The molecule has 0 saturated carbocycles. The van der Waals surface area contributed by atoms with Crippen molar-refractivity contribution in [2.75, 3.05) is 0 Å². The maximum atomic E-state index is 12.4. The van der Waals surface area contributed by atoms with Gasteiger partial charge in [0.2, 0.25) is 5.78 Å². The molecule has 120 valence electrons. The van der Waals surface area contributed by atoms with Gasteiger partial charge in [0.1, 0.15) is 0 Å². The largest absolute Gasteiger partial charge is 0.347 e. The molecule has 3 rings (SSSR count). The first-order chi connectivity index (χ1) is 11.6. The molecular formula is C19H14ClNO2S. The summed E-state index contributed by atoms with van der Waals surface area (Å²) in [5.74, 6) is -0.241. The monoisotopic (exact) mass is 355 g/mol. The number of hydrogen-bond donors (Lipinski definition) is 1. The average molecular weight is 356 g/mol. The van der Waals surface area contributed by atoms with E-state index in [-0.39, 0.29) is 11.7 Å². The van der Waals surface area contributed by atoms with E-state index in [0.717, 1.165) is 4.88 Å². The van der Waals surface area contributed by atoms with Crippen LogP contribution in [-0.2, 0) is 6.54 Å². The van der Waals surface area contributed by atoms with Gasteiger partial charge in [0.05, 0.1) is 22.0 Å². The predicted molar refractivity (Wildman–Crippen MR) is 96.8 cm³/mol. The Hall–Kier alpha value is -2.43. The topological polar surface area (TPSA) is 46.2 Å². The van der Waals surface area contributed by atoms with E-state index in [4.69, 9.17) is 11.6 Å². The van der Waals surface area contributed by atoms with Gasteiger partial charge in [-0.1, -0.05) is 54.1 Å². The highest BCUT2D eigenvalue weighted by Gasteiger charge is 2.13. The fourth-order valence-corrected chi connectivity index (χ4v) is 3.37. The van der Waals surface area contributed by atoms with Crippen LogP contribution in [0.15, 0.2) is 66.7 Å². The summed E-state index contributed by atoms with van der Waals surface area (Å²) in [6.45, 7) is 0.358. The van der Waals surface area contributed by atoms with E-state index in [2.05, 4.69) is 5.32 Å². The van der Waals surface area contributed by atoms with Crippen LogP contribution in [0.25, 0.3) is 0 Å². The molecule has 0 atom stereocenters.